The summed E-state index contributed by atoms with van der Waals surface area (Å²) in [5.41, 5.74) is 1.50. The summed E-state index contributed by atoms with van der Waals surface area (Å²) in [4.78, 5) is 0. The van der Waals surface area contributed by atoms with Crippen LogP contribution >= 0.6 is 11.6 Å². The van der Waals surface area contributed by atoms with Gasteiger partial charge in [-0.3, -0.25) is 0 Å². The standard InChI is InChI=1S/C25H37Cl/c1-2-3-4-5-20-6-8-21(9-7-20)10-11-22-12-14-23(15-13-22)24-16-18-25(26)19-17-24/h4-5,16-23H,2-3,6-15H2,1H3/b5-4+/t20-,21-,22?,23?. The van der Waals surface area contributed by atoms with Crippen molar-refractivity contribution in [2.75, 3.05) is 0 Å². The van der Waals surface area contributed by atoms with E-state index in [1.807, 2.05) is 0 Å². The van der Waals surface area contributed by atoms with Gasteiger partial charge in [-0.2, -0.15) is 0 Å². The Bertz CT molecular complexity index is 528. The van der Waals surface area contributed by atoms with Crippen LogP contribution in [-0.4, -0.2) is 0 Å². The second kappa shape index (κ2) is 10.5. The number of halogens is 1. The summed E-state index contributed by atoms with van der Waals surface area (Å²) in [6, 6.07) is 8.58. The molecule has 2 aliphatic carbocycles. The molecule has 1 aromatic rings. The Morgan fingerprint density at radius 2 is 1.42 bits per heavy atom. The molecule has 0 radical (unpaired) electrons. The van der Waals surface area contributed by atoms with Crippen LogP contribution in [-0.2, 0) is 0 Å². The van der Waals surface area contributed by atoms with Gasteiger partial charge in [0.2, 0.25) is 0 Å². The zero-order valence-electron chi connectivity index (χ0n) is 16.6. The Kier molecular flexibility index (Phi) is 8.11. The van der Waals surface area contributed by atoms with Gasteiger partial charge in [-0.15, -0.1) is 0 Å². The fourth-order valence-corrected chi connectivity index (χ4v) is 5.24. The minimum atomic E-state index is 0.772. The summed E-state index contributed by atoms with van der Waals surface area (Å²) in [5.74, 6) is 3.65. The van der Waals surface area contributed by atoms with Crippen molar-refractivity contribution < 1.29 is 0 Å². The van der Waals surface area contributed by atoms with E-state index in [0.717, 1.165) is 28.7 Å². The third kappa shape index (κ3) is 6.15. The van der Waals surface area contributed by atoms with Crippen LogP contribution in [0.3, 0.4) is 0 Å². The SMILES string of the molecule is CCC/C=C/[C@H]1CC[C@H](CCC2CCC(c3ccc(Cl)cc3)CC2)CC1. The van der Waals surface area contributed by atoms with E-state index in [4.69, 9.17) is 11.6 Å². The highest BCUT2D eigenvalue weighted by Gasteiger charge is 2.24. The largest absolute Gasteiger partial charge is 0.0883 e. The molecule has 0 N–H and O–H groups in total. The van der Waals surface area contributed by atoms with E-state index in [1.165, 1.54) is 82.6 Å². The van der Waals surface area contributed by atoms with Gasteiger partial charge >= 0.3 is 0 Å². The van der Waals surface area contributed by atoms with E-state index >= 15 is 0 Å². The van der Waals surface area contributed by atoms with E-state index in [0.29, 0.717) is 0 Å². The summed E-state index contributed by atoms with van der Waals surface area (Å²) >= 11 is 6.03. The van der Waals surface area contributed by atoms with Crippen molar-refractivity contribution in [2.24, 2.45) is 17.8 Å². The molecule has 0 aromatic heterocycles. The maximum Gasteiger partial charge on any atom is 0.0406 e. The average molecular weight is 373 g/mol. The molecule has 0 nitrogen and oxygen atoms in total. The van der Waals surface area contributed by atoms with Crippen molar-refractivity contribution in [2.45, 2.75) is 89.9 Å². The van der Waals surface area contributed by atoms with Gasteiger partial charge in [0, 0.05) is 5.02 Å². The number of hydrogen-bond donors (Lipinski definition) is 0. The molecule has 1 aromatic carbocycles. The van der Waals surface area contributed by atoms with Crippen LogP contribution in [0.2, 0.25) is 5.02 Å². The summed E-state index contributed by atoms with van der Waals surface area (Å²) in [7, 11) is 0. The lowest BCUT2D eigenvalue weighted by atomic mass is 9.74. The number of allylic oxidation sites excluding steroid dienone is 2. The Morgan fingerprint density at radius 1 is 0.846 bits per heavy atom. The van der Waals surface area contributed by atoms with E-state index < -0.39 is 0 Å². The average Bonchev–Trinajstić information content (AvgIpc) is 2.69. The lowest BCUT2D eigenvalue weighted by Crippen LogP contribution is -2.17. The first-order valence-corrected chi connectivity index (χ1v) is 11.5. The normalized spacial score (nSPS) is 29.9. The molecule has 26 heavy (non-hydrogen) atoms. The van der Waals surface area contributed by atoms with Gasteiger partial charge in [0.1, 0.15) is 0 Å². The molecule has 0 saturated heterocycles. The van der Waals surface area contributed by atoms with Gasteiger partial charge in [0.15, 0.2) is 0 Å². The highest BCUT2D eigenvalue weighted by atomic mass is 35.5. The third-order valence-corrected chi connectivity index (χ3v) is 7.18. The lowest BCUT2D eigenvalue weighted by Gasteiger charge is -2.31. The maximum atomic E-state index is 6.03. The molecule has 0 spiro atoms. The van der Waals surface area contributed by atoms with Crippen LogP contribution in [0.1, 0.15) is 95.5 Å². The summed E-state index contributed by atoms with van der Waals surface area (Å²) in [6.45, 7) is 2.27. The van der Waals surface area contributed by atoms with E-state index in [9.17, 15) is 0 Å². The number of benzene rings is 1. The molecule has 0 unspecified atom stereocenters. The van der Waals surface area contributed by atoms with Gasteiger partial charge in [-0.05, 0) is 99.2 Å². The molecule has 0 atom stereocenters. The highest BCUT2D eigenvalue weighted by Crippen LogP contribution is 2.40. The van der Waals surface area contributed by atoms with Crippen molar-refractivity contribution in [1.29, 1.82) is 0 Å². The van der Waals surface area contributed by atoms with E-state index in [2.05, 4.69) is 43.3 Å². The van der Waals surface area contributed by atoms with Gasteiger partial charge in [-0.1, -0.05) is 62.1 Å². The molecule has 1 heteroatoms. The molecule has 0 heterocycles. The van der Waals surface area contributed by atoms with Crippen LogP contribution in [0.4, 0.5) is 0 Å². The third-order valence-electron chi connectivity index (χ3n) is 6.93. The van der Waals surface area contributed by atoms with Crippen molar-refractivity contribution in [1.82, 2.24) is 0 Å². The van der Waals surface area contributed by atoms with Gasteiger partial charge in [0.05, 0.1) is 0 Å². The van der Waals surface area contributed by atoms with E-state index in [1.54, 1.807) is 0 Å². The Morgan fingerprint density at radius 3 is 2.00 bits per heavy atom. The Hall–Kier alpha value is -0.750. The molecule has 0 aliphatic heterocycles. The minimum Gasteiger partial charge on any atom is -0.0883 e. The molecule has 0 bridgehead atoms. The summed E-state index contributed by atoms with van der Waals surface area (Å²) < 4.78 is 0. The van der Waals surface area contributed by atoms with Crippen LogP contribution in [0.5, 0.6) is 0 Å². The molecular formula is C25H37Cl. The monoisotopic (exact) mass is 372 g/mol. The second-order valence-corrected chi connectivity index (χ2v) is 9.28. The fourth-order valence-electron chi connectivity index (χ4n) is 5.12. The van der Waals surface area contributed by atoms with Crippen molar-refractivity contribution in [3.05, 3.63) is 47.0 Å². The van der Waals surface area contributed by atoms with Crippen LogP contribution in [0, 0.1) is 17.8 Å². The maximum absolute atomic E-state index is 6.03. The first-order chi connectivity index (χ1) is 12.7. The Balaban J connectivity index is 1.32. The van der Waals surface area contributed by atoms with Crippen LogP contribution < -0.4 is 0 Å². The van der Waals surface area contributed by atoms with Crippen molar-refractivity contribution >= 4 is 11.6 Å². The second-order valence-electron chi connectivity index (χ2n) is 8.84. The number of hydrogen-bond acceptors (Lipinski definition) is 0. The first-order valence-electron chi connectivity index (χ1n) is 11.2. The van der Waals surface area contributed by atoms with Gasteiger partial charge in [-0.25, -0.2) is 0 Å². The molecule has 2 saturated carbocycles. The number of rotatable bonds is 7. The highest BCUT2D eigenvalue weighted by molar-refractivity contribution is 6.30. The molecular weight excluding hydrogens is 336 g/mol. The lowest BCUT2D eigenvalue weighted by molar-refractivity contribution is 0.246. The fraction of sp³-hybridized carbons (Fsp3) is 0.680. The smallest absolute Gasteiger partial charge is 0.0406 e. The first kappa shape index (κ1) is 20.0. The van der Waals surface area contributed by atoms with Gasteiger partial charge < -0.3 is 0 Å². The summed E-state index contributed by atoms with van der Waals surface area (Å²) in [5, 5.41) is 0.859. The molecule has 0 amide bonds. The minimum absolute atomic E-state index is 0.772. The predicted octanol–water partition coefficient (Wildman–Crippen LogP) is 8.56. The zero-order chi connectivity index (χ0) is 18.2. The predicted molar refractivity (Wildman–Crippen MR) is 115 cm³/mol. The van der Waals surface area contributed by atoms with Crippen LogP contribution in [0.15, 0.2) is 36.4 Å². The topological polar surface area (TPSA) is 0 Å². The molecule has 144 valence electrons. The van der Waals surface area contributed by atoms with Crippen molar-refractivity contribution in [3.63, 3.8) is 0 Å². The van der Waals surface area contributed by atoms with E-state index in [-0.39, 0.29) is 0 Å². The van der Waals surface area contributed by atoms with Crippen LogP contribution in [0.25, 0.3) is 0 Å². The van der Waals surface area contributed by atoms with Gasteiger partial charge in [0.25, 0.3) is 0 Å². The molecule has 2 aliphatic rings. The summed E-state index contributed by atoms with van der Waals surface area (Å²) in [6.07, 6.45) is 21.9. The number of unbranched alkanes of at least 4 members (excludes halogenated alkanes) is 1. The molecule has 2 fully saturated rings. The quantitative estimate of drug-likeness (QED) is 0.420. The molecule has 3 rings (SSSR count). The Labute approximate surface area is 166 Å². The van der Waals surface area contributed by atoms with Crippen molar-refractivity contribution in [3.8, 4) is 0 Å². The zero-order valence-corrected chi connectivity index (χ0v) is 17.4.